The number of benzene rings is 1. The molecular formula is C16H18ClNOS. The van der Waals surface area contributed by atoms with Crippen LogP contribution < -0.4 is 5.73 Å². The molecule has 2 aromatic rings. The molecule has 0 aliphatic heterocycles. The molecule has 0 saturated heterocycles. The Morgan fingerprint density at radius 2 is 2.15 bits per heavy atom. The van der Waals surface area contributed by atoms with Crippen LogP contribution in [0.25, 0.3) is 0 Å². The molecule has 3 N–H and O–H groups in total. The van der Waals surface area contributed by atoms with Gasteiger partial charge < -0.3 is 10.8 Å². The lowest BCUT2D eigenvalue weighted by atomic mass is 9.92. The number of rotatable bonds is 4. The lowest BCUT2D eigenvalue weighted by Gasteiger charge is -2.21. The summed E-state index contributed by atoms with van der Waals surface area (Å²) in [4.78, 5) is 2.46. The Morgan fingerprint density at radius 1 is 1.30 bits per heavy atom. The quantitative estimate of drug-likeness (QED) is 0.905. The Labute approximate surface area is 128 Å². The maximum atomic E-state index is 10.7. The summed E-state index contributed by atoms with van der Waals surface area (Å²) < 4.78 is 0. The van der Waals surface area contributed by atoms with E-state index in [0.29, 0.717) is 11.6 Å². The van der Waals surface area contributed by atoms with Crippen molar-refractivity contribution in [1.29, 1.82) is 0 Å². The van der Waals surface area contributed by atoms with E-state index in [2.05, 4.69) is 6.07 Å². The maximum Gasteiger partial charge on any atom is 0.0962 e. The van der Waals surface area contributed by atoms with Gasteiger partial charge in [-0.15, -0.1) is 11.3 Å². The van der Waals surface area contributed by atoms with E-state index < -0.39 is 6.10 Å². The molecule has 0 spiro atoms. The number of aliphatic hydroxyl groups is 1. The first-order chi connectivity index (χ1) is 9.69. The van der Waals surface area contributed by atoms with Crippen LogP contribution in [0.4, 0.5) is 0 Å². The largest absolute Gasteiger partial charge is 0.387 e. The highest BCUT2D eigenvalue weighted by molar-refractivity contribution is 7.12. The number of fused-ring (bicyclic) bond motifs is 1. The molecule has 1 aliphatic carbocycles. The fourth-order valence-electron chi connectivity index (χ4n) is 2.88. The van der Waals surface area contributed by atoms with Gasteiger partial charge in [0.2, 0.25) is 0 Å². The third-order valence-corrected chi connectivity index (χ3v) is 5.51. The fraction of sp³-hybridized carbons (Fsp3) is 0.375. The van der Waals surface area contributed by atoms with Crippen LogP contribution in [-0.2, 0) is 12.8 Å². The molecule has 0 amide bonds. The lowest BCUT2D eigenvalue weighted by Crippen LogP contribution is -2.19. The summed E-state index contributed by atoms with van der Waals surface area (Å²) >= 11 is 7.77. The van der Waals surface area contributed by atoms with Crippen molar-refractivity contribution < 1.29 is 5.11 Å². The number of hydrogen-bond donors (Lipinski definition) is 2. The van der Waals surface area contributed by atoms with Crippen molar-refractivity contribution in [3.05, 3.63) is 56.2 Å². The summed E-state index contributed by atoms with van der Waals surface area (Å²) in [5.74, 6) is -0.104. The minimum Gasteiger partial charge on any atom is -0.387 e. The zero-order chi connectivity index (χ0) is 14.1. The summed E-state index contributed by atoms with van der Waals surface area (Å²) in [5, 5.41) is 11.4. The molecule has 1 heterocycles. The van der Waals surface area contributed by atoms with Crippen molar-refractivity contribution in [1.82, 2.24) is 0 Å². The van der Waals surface area contributed by atoms with Crippen LogP contribution >= 0.6 is 22.9 Å². The van der Waals surface area contributed by atoms with Gasteiger partial charge in [0.15, 0.2) is 0 Å². The molecule has 20 heavy (non-hydrogen) atoms. The highest BCUT2D eigenvalue weighted by atomic mass is 35.5. The van der Waals surface area contributed by atoms with Crippen molar-refractivity contribution in [2.24, 2.45) is 5.73 Å². The van der Waals surface area contributed by atoms with Gasteiger partial charge >= 0.3 is 0 Å². The number of aliphatic hydroxyl groups excluding tert-OH is 1. The minimum absolute atomic E-state index is 0.104. The summed E-state index contributed by atoms with van der Waals surface area (Å²) in [5.41, 5.74) is 8.30. The normalized spacial score (nSPS) is 16.9. The first-order valence-corrected chi connectivity index (χ1v) is 8.13. The van der Waals surface area contributed by atoms with Crippen LogP contribution in [0.5, 0.6) is 0 Å². The molecule has 0 bridgehead atoms. The number of thiophene rings is 1. The van der Waals surface area contributed by atoms with Crippen molar-refractivity contribution in [2.45, 2.75) is 31.3 Å². The Balaban J connectivity index is 1.88. The van der Waals surface area contributed by atoms with Gasteiger partial charge in [-0.25, -0.2) is 0 Å². The number of halogens is 1. The average Bonchev–Trinajstić information content (AvgIpc) is 3.00. The van der Waals surface area contributed by atoms with Crippen LogP contribution in [-0.4, -0.2) is 11.7 Å². The molecule has 4 heteroatoms. The van der Waals surface area contributed by atoms with Crippen LogP contribution in [0, 0.1) is 0 Å². The second-order valence-corrected chi connectivity index (χ2v) is 6.90. The summed E-state index contributed by atoms with van der Waals surface area (Å²) in [6.07, 6.45) is 2.99. The van der Waals surface area contributed by atoms with Gasteiger partial charge in [-0.2, -0.15) is 0 Å². The van der Waals surface area contributed by atoms with E-state index >= 15 is 0 Å². The molecule has 1 aliphatic rings. The monoisotopic (exact) mass is 307 g/mol. The fourth-order valence-corrected chi connectivity index (χ4v) is 4.39. The Morgan fingerprint density at radius 3 is 2.85 bits per heavy atom. The number of aryl methyl sites for hydroxylation is 2. The van der Waals surface area contributed by atoms with Crippen LogP contribution in [0.1, 0.15) is 39.3 Å². The highest BCUT2D eigenvalue weighted by Crippen LogP contribution is 2.39. The van der Waals surface area contributed by atoms with Gasteiger partial charge in [-0.05, 0) is 48.6 Å². The van der Waals surface area contributed by atoms with Gasteiger partial charge in [0.25, 0.3) is 0 Å². The van der Waals surface area contributed by atoms with E-state index in [4.69, 9.17) is 17.3 Å². The summed E-state index contributed by atoms with van der Waals surface area (Å²) in [7, 11) is 0. The van der Waals surface area contributed by atoms with Gasteiger partial charge in [0.05, 0.1) is 6.10 Å². The maximum absolute atomic E-state index is 10.7. The third kappa shape index (κ3) is 2.63. The Hall–Kier alpha value is -0.870. The number of nitrogens with two attached hydrogens (primary N) is 1. The number of hydrogen-bond acceptors (Lipinski definition) is 3. The predicted octanol–water partition coefficient (Wildman–Crippen LogP) is 3.67. The zero-order valence-corrected chi connectivity index (χ0v) is 12.8. The van der Waals surface area contributed by atoms with E-state index in [1.54, 1.807) is 11.3 Å². The Bertz CT molecular complexity index is 589. The van der Waals surface area contributed by atoms with E-state index in [0.717, 1.165) is 23.3 Å². The van der Waals surface area contributed by atoms with Crippen molar-refractivity contribution in [3.63, 3.8) is 0 Å². The van der Waals surface area contributed by atoms with Gasteiger partial charge in [0, 0.05) is 27.2 Å². The molecule has 106 valence electrons. The molecule has 3 rings (SSSR count). The van der Waals surface area contributed by atoms with Crippen molar-refractivity contribution in [2.75, 3.05) is 6.54 Å². The van der Waals surface area contributed by atoms with E-state index in [9.17, 15) is 5.11 Å². The molecule has 2 atom stereocenters. The average molecular weight is 308 g/mol. The summed E-state index contributed by atoms with van der Waals surface area (Å²) in [6, 6.07) is 9.77. The highest BCUT2D eigenvalue weighted by Gasteiger charge is 2.25. The van der Waals surface area contributed by atoms with E-state index in [1.165, 1.54) is 16.9 Å². The van der Waals surface area contributed by atoms with Crippen molar-refractivity contribution in [3.8, 4) is 0 Å². The lowest BCUT2D eigenvalue weighted by molar-refractivity contribution is 0.151. The molecular weight excluding hydrogens is 290 g/mol. The SMILES string of the molecule is NCC(c1cccc(Cl)c1)C(O)c1cc2c(s1)CCC2. The minimum atomic E-state index is -0.547. The predicted molar refractivity (Wildman–Crippen MR) is 84.6 cm³/mol. The molecule has 0 fully saturated rings. The smallest absolute Gasteiger partial charge is 0.0962 e. The van der Waals surface area contributed by atoms with Gasteiger partial charge in [-0.1, -0.05) is 23.7 Å². The molecule has 2 nitrogen and oxygen atoms in total. The molecule has 1 aromatic heterocycles. The second kappa shape index (κ2) is 5.86. The summed E-state index contributed by atoms with van der Waals surface area (Å²) in [6.45, 7) is 0.407. The first kappa shape index (κ1) is 14.1. The topological polar surface area (TPSA) is 46.2 Å². The molecule has 2 unspecified atom stereocenters. The third-order valence-electron chi connectivity index (χ3n) is 3.97. The molecule has 1 aromatic carbocycles. The standard InChI is InChI=1S/C16H18ClNOS/c17-12-5-1-3-10(7-12)13(9-18)16(19)15-8-11-4-2-6-14(11)20-15/h1,3,5,7-8,13,16,19H,2,4,6,9,18H2. The first-order valence-electron chi connectivity index (χ1n) is 6.94. The van der Waals surface area contributed by atoms with Crippen LogP contribution in [0.15, 0.2) is 30.3 Å². The van der Waals surface area contributed by atoms with E-state index in [-0.39, 0.29) is 5.92 Å². The molecule has 0 radical (unpaired) electrons. The van der Waals surface area contributed by atoms with Gasteiger partial charge in [-0.3, -0.25) is 0 Å². The van der Waals surface area contributed by atoms with Gasteiger partial charge in [0.1, 0.15) is 0 Å². The van der Waals surface area contributed by atoms with Crippen molar-refractivity contribution >= 4 is 22.9 Å². The second-order valence-electron chi connectivity index (χ2n) is 5.29. The van der Waals surface area contributed by atoms with E-state index in [1.807, 2.05) is 24.3 Å². The Kier molecular flexibility index (Phi) is 4.13. The van der Waals surface area contributed by atoms with Crippen LogP contribution in [0.3, 0.4) is 0 Å². The molecule has 0 saturated carbocycles. The van der Waals surface area contributed by atoms with Crippen LogP contribution in [0.2, 0.25) is 5.02 Å². The zero-order valence-electron chi connectivity index (χ0n) is 11.2.